The lowest BCUT2D eigenvalue weighted by Gasteiger charge is -2.31. The van der Waals surface area contributed by atoms with Crippen LogP contribution in [0.25, 0.3) is 0 Å². The molecule has 0 aromatic heterocycles. The molecule has 1 atom stereocenters. The maximum absolute atomic E-state index is 12.8. The van der Waals surface area contributed by atoms with Gasteiger partial charge in [-0.05, 0) is 38.0 Å². The summed E-state index contributed by atoms with van der Waals surface area (Å²) in [5.74, 6) is -0.653. The van der Waals surface area contributed by atoms with Crippen LogP contribution in [-0.4, -0.2) is 49.5 Å². The molecule has 26 heavy (non-hydrogen) atoms. The highest BCUT2D eigenvalue weighted by molar-refractivity contribution is 7.89. The number of hydrogen-bond donors (Lipinski definition) is 2. The van der Waals surface area contributed by atoms with E-state index in [1.54, 1.807) is 6.92 Å². The van der Waals surface area contributed by atoms with E-state index in [0.29, 0.717) is 6.07 Å². The van der Waals surface area contributed by atoms with Crippen LogP contribution < -0.4 is 5.32 Å². The molecule has 0 saturated carbocycles. The molecule has 146 valence electrons. The summed E-state index contributed by atoms with van der Waals surface area (Å²) in [4.78, 5) is 11.6. The summed E-state index contributed by atoms with van der Waals surface area (Å²) in [7, 11) is -4.06. The molecule has 10 heteroatoms. The molecule has 2 N–H and O–H groups in total. The van der Waals surface area contributed by atoms with Crippen LogP contribution in [0.5, 0.6) is 0 Å². The van der Waals surface area contributed by atoms with Gasteiger partial charge in [0.25, 0.3) is 0 Å². The summed E-state index contributed by atoms with van der Waals surface area (Å²) < 4.78 is 64.7. The van der Waals surface area contributed by atoms with Crippen molar-refractivity contribution in [3.05, 3.63) is 29.8 Å². The zero-order valence-corrected chi connectivity index (χ0v) is 15.0. The molecule has 1 fully saturated rings. The molecule has 1 unspecified atom stereocenters. The first-order chi connectivity index (χ1) is 12.1. The molecule has 1 aromatic rings. The average molecular weight is 394 g/mol. The smallest absolute Gasteiger partial charge is 0.394 e. The number of benzene rings is 1. The number of aliphatic hydroxyl groups excluding tert-OH is 1. The van der Waals surface area contributed by atoms with Crippen molar-refractivity contribution in [2.24, 2.45) is 5.92 Å². The second kappa shape index (κ2) is 7.93. The topological polar surface area (TPSA) is 86.7 Å². The molecule has 2 rings (SSSR count). The fraction of sp³-hybridized carbons (Fsp3) is 0.562. The van der Waals surface area contributed by atoms with Gasteiger partial charge in [-0.1, -0.05) is 6.07 Å². The van der Waals surface area contributed by atoms with Gasteiger partial charge in [-0.15, -0.1) is 0 Å². The first kappa shape index (κ1) is 20.7. The number of hydrogen-bond acceptors (Lipinski definition) is 4. The molecule has 0 radical (unpaired) electrons. The van der Waals surface area contributed by atoms with Crippen molar-refractivity contribution in [2.75, 3.05) is 19.7 Å². The molecule has 1 aliphatic rings. The number of carbonyl (C=O) groups excluding carboxylic acids is 1. The second-order valence-corrected chi connectivity index (χ2v) is 8.23. The molecular weight excluding hydrogens is 373 g/mol. The number of sulfonamides is 1. The van der Waals surface area contributed by atoms with Crippen LogP contribution in [0.4, 0.5) is 13.2 Å². The Morgan fingerprint density at radius 2 is 1.96 bits per heavy atom. The van der Waals surface area contributed by atoms with Gasteiger partial charge in [0, 0.05) is 25.0 Å². The van der Waals surface area contributed by atoms with Gasteiger partial charge >= 0.3 is 6.18 Å². The third-order valence-electron chi connectivity index (χ3n) is 4.29. The van der Waals surface area contributed by atoms with Crippen molar-refractivity contribution in [3.63, 3.8) is 0 Å². The maximum Gasteiger partial charge on any atom is 0.416 e. The highest BCUT2D eigenvalue weighted by Gasteiger charge is 2.35. The number of nitrogens with one attached hydrogen (secondary N) is 1. The Morgan fingerprint density at radius 3 is 2.50 bits per heavy atom. The van der Waals surface area contributed by atoms with Crippen LogP contribution >= 0.6 is 0 Å². The fourth-order valence-electron chi connectivity index (χ4n) is 2.75. The van der Waals surface area contributed by atoms with Crippen molar-refractivity contribution in [3.8, 4) is 0 Å². The average Bonchev–Trinajstić information content (AvgIpc) is 2.61. The van der Waals surface area contributed by atoms with Crippen LogP contribution in [0.2, 0.25) is 0 Å². The van der Waals surface area contributed by atoms with Gasteiger partial charge in [-0.2, -0.15) is 17.5 Å². The summed E-state index contributed by atoms with van der Waals surface area (Å²) in [6.45, 7) is 1.54. The first-order valence-corrected chi connectivity index (χ1v) is 9.58. The Hall–Kier alpha value is -1.65. The Bertz CT molecular complexity index is 744. The Kier molecular flexibility index (Phi) is 6.30. The fourth-order valence-corrected chi connectivity index (χ4v) is 4.26. The first-order valence-electron chi connectivity index (χ1n) is 8.14. The van der Waals surface area contributed by atoms with Crippen LogP contribution in [0.3, 0.4) is 0 Å². The van der Waals surface area contributed by atoms with Gasteiger partial charge in [-0.3, -0.25) is 4.79 Å². The van der Waals surface area contributed by atoms with Gasteiger partial charge in [0.2, 0.25) is 15.9 Å². The third-order valence-corrected chi connectivity index (χ3v) is 6.18. The van der Waals surface area contributed by atoms with Gasteiger partial charge in [0.1, 0.15) is 0 Å². The summed E-state index contributed by atoms with van der Waals surface area (Å²) in [6, 6.07) is 3.24. The standard InChI is InChI=1S/C16H21F3N2O4S/c1-11(10-22)20-15(23)12-5-7-21(8-6-12)26(24,25)14-4-2-3-13(9-14)16(17,18)19/h2-4,9,11-12,22H,5-8,10H2,1H3,(H,20,23). The molecule has 1 aromatic carbocycles. The number of piperidine rings is 1. The van der Waals surface area contributed by atoms with Gasteiger partial charge in [0.05, 0.1) is 17.1 Å². The number of rotatable bonds is 5. The normalized spacial score (nSPS) is 18.5. The molecule has 1 amide bonds. The number of nitrogens with zero attached hydrogens (tertiary/aromatic N) is 1. The third kappa shape index (κ3) is 4.74. The van der Waals surface area contributed by atoms with E-state index in [1.807, 2.05) is 0 Å². The van der Waals surface area contributed by atoms with E-state index in [1.165, 1.54) is 0 Å². The minimum absolute atomic E-state index is 0.0458. The van der Waals surface area contributed by atoms with E-state index >= 15 is 0 Å². The Morgan fingerprint density at radius 1 is 1.35 bits per heavy atom. The molecule has 6 nitrogen and oxygen atoms in total. The molecule has 1 heterocycles. The summed E-state index contributed by atoms with van der Waals surface area (Å²) in [6.07, 6.45) is -4.09. The highest BCUT2D eigenvalue weighted by atomic mass is 32.2. The summed E-state index contributed by atoms with van der Waals surface area (Å²) in [5, 5.41) is 11.6. The predicted molar refractivity (Wildman–Crippen MR) is 87.6 cm³/mol. The van der Waals surface area contributed by atoms with E-state index < -0.39 is 38.6 Å². The number of aliphatic hydroxyl groups is 1. The molecule has 1 saturated heterocycles. The van der Waals surface area contributed by atoms with Gasteiger partial charge in [-0.25, -0.2) is 8.42 Å². The summed E-state index contributed by atoms with van der Waals surface area (Å²) in [5.41, 5.74) is -1.02. The number of alkyl halides is 3. The number of amides is 1. The Labute approximate surface area is 150 Å². The van der Waals surface area contributed by atoms with E-state index in [-0.39, 0.29) is 38.4 Å². The van der Waals surface area contributed by atoms with Crippen molar-refractivity contribution in [1.29, 1.82) is 0 Å². The quantitative estimate of drug-likeness (QED) is 0.794. The lowest BCUT2D eigenvalue weighted by Crippen LogP contribution is -2.45. The number of halogens is 3. The van der Waals surface area contributed by atoms with Crippen molar-refractivity contribution in [2.45, 2.75) is 36.9 Å². The lowest BCUT2D eigenvalue weighted by atomic mass is 9.97. The molecule has 0 aliphatic carbocycles. The van der Waals surface area contributed by atoms with E-state index in [2.05, 4.69) is 5.32 Å². The molecule has 0 bridgehead atoms. The van der Waals surface area contributed by atoms with Crippen LogP contribution in [-0.2, 0) is 21.0 Å². The molecular formula is C16H21F3N2O4S. The predicted octanol–water partition coefficient (Wildman–Crippen LogP) is 1.60. The summed E-state index contributed by atoms with van der Waals surface area (Å²) >= 11 is 0. The van der Waals surface area contributed by atoms with Crippen LogP contribution in [0.15, 0.2) is 29.2 Å². The number of carbonyl (C=O) groups is 1. The van der Waals surface area contributed by atoms with Crippen molar-refractivity contribution in [1.82, 2.24) is 9.62 Å². The minimum Gasteiger partial charge on any atom is -0.394 e. The van der Waals surface area contributed by atoms with Crippen molar-refractivity contribution < 1.29 is 31.5 Å². The zero-order chi connectivity index (χ0) is 19.5. The maximum atomic E-state index is 12.8. The van der Waals surface area contributed by atoms with E-state index in [4.69, 9.17) is 5.11 Å². The largest absolute Gasteiger partial charge is 0.416 e. The van der Waals surface area contributed by atoms with Gasteiger partial charge in [0.15, 0.2) is 0 Å². The van der Waals surface area contributed by atoms with Crippen LogP contribution in [0.1, 0.15) is 25.3 Å². The van der Waals surface area contributed by atoms with Crippen LogP contribution in [0, 0.1) is 5.92 Å². The molecule has 1 aliphatic heterocycles. The van der Waals surface area contributed by atoms with E-state index in [9.17, 15) is 26.4 Å². The second-order valence-electron chi connectivity index (χ2n) is 6.30. The lowest BCUT2D eigenvalue weighted by molar-refractivity contribution is -0.137. The SMILES string of the molecule is CC(CO)NC(=O)C1CCN(S(=O)(=O)c2cccc(C(F)(F)F)c2)CC1. The monoisotopic (exact) mass is 394 g/mol. The van der Waals surface area contributed by atoms with Crippen molar-refractivity contribution >= 4 is 15.9 Å². The molecule has 0 spiro atoms. The minimum atomic E-state index is -4.62. The zero-order valence-electron chi connectivity index (χ0n) is 14.2. The highest BCUT2D eigenvalue weighted by Crippen LogP contribution is 2.32. The Balaban J connectivity index is 2.08. The van der Waals surface area contributed by atoms with Gasteiger partial charge < -0.3 is 10.4 Å². The van der Waals surface area contributed by atoms with E-state index in [0.717, 1.165) is 22.5 Å².